The fraction of sp³-hybridized carbons (Fsp3) is 0.438. The molecule has 0 atom stereocenters. The molecule has 2 aromatic rings. The topological polar surface area (TPSA) is 42.4 Å². The minimum atomic E-state index is -0.0575. The van der Waals surface area contributed by atoms with Gasteiger partial charge in [0.15, 0.2) is 0 Å². The van der Waals surface area contributed by atoms with Crippen molar-refractivity contribution in [3.05, 3.63) is 34.8 Å². The molecule has 2 rings (SSSR count). The van der Waals surface area contributed by atoms with Gasteiger partial charge in [-0.15, -0.1) is 11.3 Å². The molecule has 0 fully saturated rings. The smallest absolute Gasteiger partial charge is 0.123 e. The van der Waals surface area contributed by atoms with Gasteiger partial charge < -0.3 is 9.84 Å². The normalized spacial score (nSPS) is 11.7. The van der Waals surface area contributed by atoms with E-state index in [9.17, 15) is 5.11 Å². The number of benzene rings is 1. The molecule has 0 aliphatic rings. The molecule has 0 unspecified atom stereocenters. The van der Waals surface area contributed by atoms with Crippen molar-refractivity contribution >= 4 is 11.3 Å². The van der Waals surface area contributed by atoms with Crippen molar-refractivity contribution in [1.29, 1.82) is 0 Å². The fourth-order valence-electron chi connectivity index (χ4n) is 2.03. The summed E-state index contributed by atoms with van der Waals surface area (Å²) in [6.07, 6.45) is 0. The summed E-state index contributed by atoms with van der Waals surface area (Å²) in [5.74, 6) is 0.867. The molecule has 0 radical (unpaired) electrons. The maximum Gasteiger partial charge on any atom is 0.123 e. The number of thiazole rings is 1. The highest BCUT2D eigenvalue weighted by atomic mass is 32.1. The van der Waals surface area contributed by atoms with Gasteiger partial charge in [-0.2, -0.15) is 0 Å². The summed E-state index contributed by atoms with van der Waals surface area (Å²) in [6, 6.07) is 7.93. The van der Waals surface area contributed by atoms with Crippen LogP contribution >= 0.6 is 11.3 Å². The average Bonchev–Trinajstić information content (AvgIpc) is 2.84. The Morgan fingerprint density at radius 3 is 2.30 bits per heavy atom. The van der Waals surface area contributed by atoms with Gasteiger partial charge in [-0.3, -0.25) is 0 Å². The first kappa shape index (κ1) is 15.0. The third-order valence-electron chi connectivity index (χ3n) is 2.96. The van der Waals surface area contributed by atoms with Crippen LogP contribution in [0.5, 0.6) is 5.75 Å². The maximum absolute atomic E-state index is 9.51. The number of hydrogen-bond donors (Lipinski definition) is 1. The largest absolute Gasteiger partial charge is 0.494 e. The monoisotopic (exact) mass is 291 g/mol. The third-order valence-corrected chi connectivity index (χ3v) is 4.05. The van der Waals surface area contributed by atoms with E-state index in [4.69, 9.17) is 9.72 Å². The lowest BCUT2D eigenvalue weighted by Gasteiger charge is -2.16. The predicted octanol–water partition coefficient (Wildman–Crippen LogP) is 4.00. The number of aromatic nitrogens is 1. The second-order valence-corrected chi connectivity index (χ2v) is 6.74. The van der Waals surface area contributed by atoms with E-state index >= 15 is 0 Å². The van der Waals surface area contributed by atoms with Crippen LogP contribution < -0.4 is 4.74 Å². The van der Waals surface area contributed by atoms with E-state index in [0.29, 0.717) is 6.61 Å². The molecule has 1 heterocycles. The lowest BCUT2D eigenvalue weighted by molar-refractivity contribution is 0.282. The zero-order valence-electron chi connectivity index (χ0n) is 12.4. The van der Waals surface area contributed by atoms with Crippen molar-refractivity contribution in [2.75, 3.05) is 6.61 Å². The molecule has 0 spiro atoms. The zero-order chi connectivity index (χ0) is 14.8. The van der Waals surface area contributed by atoms with E-state index in [-0.39, 0.29) is 12.0 Å². The molecule has 1 aromatic heterocycles. The number of nitrogens with zero attached hydrogens (tertiary/aromatic N) is 1. The van der Waals surface area contributed by atoms with Crippen LogP contribution in [0.1, 0.15) is 38.3 Å². The Morgan fingerprint density at radius 1 is 1.20 bits per heavy atom. The molecule has 0 amide bonds. The van der Waals surface area contributed by atoms with E-state index < -0.39 is 0 Å². The first-order chi connectivity index (χ1) is 9.45. The summed E-state index contributed by atoms with van der Waals surface area (Å²) in [5.41, 5.74) is 1.98. The zero-order valence-corrected chi connectivity index (χ0v) is 13.3. The minimum Gasteiger partial charge on any atom is -0.494 e. The van der Waals surface area contributed by atoms with Crippen LogP contribution in [0.25, 0.3) is 10.6 Å². The molecule has 4 heteroatoms. The van der Waals surface area contributed by atoms with E-state index in [1.165, 1.54) is 0 Å². The summed E-state index contributed by atoms with van der Waals surface area (Å²) in [4.78, 5) is 5.66. The minimum absolute atomic E-state index is 0.0430. The molecule has 108 valence electrons. The fourth-order valence-corrected chi connectivity index (χ4v) is 3.17. The summed E-state index contributed by atoms with van der Waals surface area (Å²) in [7, 11) is 0. The van der Waals surface area contributed by atoms with Crippen LogP contribution in [0.15, 0.2) is 24.3 Å². The first-order valence-corrected chi connectivity index (χ1v) is 7.61. The molecule has 0 saturated carbocycles. The Kier molecular flexibility index (Phi) is 4.45. The molecule has 1 aromatic carbocycles. The molecule has 20 heavy (non-hydrogen) atoms. The number of rotatable bonds is 4. The van der Waals surface area contributed by atoms with E-state index in [2.05, 4.69) is 20.8 Å². The third kappa shape index (κ3) is 3.19. The summed E-state index contributed by atoms with van der Waals surface area (Å²) in [5, 5.41) is 10.5. The summed E-state index contributed by atoms with van der Waals surface area (Å²) in [6.45, 7) is 9.02. The second-order valence-electron chi connectivity index (χ2n) is 5.66. The standard InChI is InChI=1S/C16H21NO2S/c1-5-19-12-8-6-11(7-9-12)15-17-14(16(2,3)4)13(10-18)20-15/h6-9,18H,5,10H2,1-4H3. The number of aliphatic hydroxyl groups is 1. The quantitative estimate of drug-likeness (QED) is 0.926. The molecule has 0 bridgehead atoms. The van der Waals surface area contributed by atoms with Gasteiger partial charge in [-0.1, -0.05) is 20.8 Å². The molecular weight excluding hydrogens is 270 g/mol. The van der Waals surface area contributed by atoms with Crippen molar-refractivity contribution in [3.8, 4) is 16.3 Å². The maximum atomic E-state index is 9.51. The first-order valence-electron chi connectivity index (χ1n) is 6.80. The highest BCUT2D eigenvalue weighted by Gasteiger charge is 2.23. The van der Waals surface area contributed by atoms with Crippen LogP contribution in [-0.4, -0.2) is 16.7 Å². The predicted molar refractivity (Wildman–Crippen MR) is 83.3 cm³/mol. The van der Waals surface area contributed by atoms with E-state index in [1.807, 2.05) is 31.2 Å². The van der Waals surface area contributed by atoms with Crippen molar-refractivity contribution < 1.29 is 9.84 Å². The van der Waals surface area contributed by atoms with Gasteiger partial charge in [0.1, 0.15) is 10.8 Å². The lowest BCUT2D eigenvalue weighted by atomic mass is 9.91. The molecule has 1 N–H and O–H groups in total. The average molecular weight is 291 g/mol. The van der Waals surface area contributed by atoms with Crippen molar-refractivity contribution in [3.63, 3.8) is 0 Å². The van der Waals surface area contributed by atoms with Crippen molar-refractivity contribution in [2.24, 2.45) is 0 Å². The Hall–Kier alpha value is -1.39. The van der Waals surface area contributed by atoms with Crippen LogP contribution in [0, 0.1) is 0 Å². The van der Waals surface area contributed by atoms with Gasteiger partial charge in [0.05, 0.1) is 23.8 Å². The SMILES string of the molecule is CCOc1ccc(-c2nc(C(C)(C)C)c(CO)s2)cc1. The Bertz CT molecular complexity index is 567. The Morgan fingerprint density at radius 2 is 1.85 bits per heavy atom. The molecule has 0 aliphatic heterocycles. The highest BCUT2D eigenvalue weighted by molar-refractivity contribution is 7.15. The van der Waals surface area contributed by atoms with Crippen LogP contribution in [0.2, 0.25) is 0 Å². The van der Waals surface area contributed by atoms with Crippen LogP contribution in [-0.2, 0) is 12.0 Å². The van der Waals surface area contributed by atoms with Gasteiger partial charge in [0.2, 0.25) is 0 Å². The van der Waals surface area contributed by atoms with Crippen LogP contribution in [0.3, 0.4) is 0 Å². The van der Waals surface area contributed by atoms with Gasteiger partial charge >= 0.3 is 0 Å². The summed E-state index contributed by atoms with van der Waals surface area (Å²) >= 11 is 1.56. The molecule has 0 aliphatic carbocycles. The van der Waals surface area contributed by atoms with E-state index in [1.54, 1.807) is 11.3 Å². The van der Waals surface area contributed by atoms with Crippen molar-refractivity contribution in [1.82, 2.24) is 4.98 Å². The molecular formula is C16H21NO2S. The number of ether oxygens (including phenoxy) is 1. The second kappa shape index (κ2) is 5.94. The summed E-state index contributed by atoms with van der Waals surface area (Å²) < 4.78 is 5.44. The van der Waals surface area contributed by atoms with Gasteiger partial charge in [0.25, 0.3) is 0 Å². The van der Waals surface area contributed by atoms with Gasteiger partial charge in [0, 0.05) is 11.0 Å². The molecule has 0 saturated heterocycles. The lowest BCUT2D eigenvalue weighted by Crippen LogP contribution is -2.14. The number of aliphatic hydroxyl groups excluding tert-OH is 1. The van der Waals surface area contributed by atoms with Crippen LogP contribution in [0.4, 0.5) is 0 Å². The Labute approximate surface area is 124 Å². The number of hydrogen-bond acceptors (Lipinski definition) is 4. The Balaban J connectivity index is 2.35. The van der Waals surface area contributed by atoms with E-state index in [0.717, 1.165) is 26.9 Å². The van der Waals surface area contributed by atoms with Gasteiger partial charge in [-0.25, -0.2) is 4.98 Å². The van der Waals surface area contributed by atoms with Gasteiger partial charge in [-0.05, 0) is 31.2 Å². The van der Waals surface area contributed by atoms with Crippen molar-refractivity contribution in [2.45, 2.75) is 39.7 Å². The molecule has 3 nitrogen and oxygen atoms in total. The highest BCUT2D eigenvalue weighted by Crippen LogP contribution is 2.34.